The molecule has 0 amide bonds. The van der Waals surface area contributed by atoms with Crippen LogP contribution in [0.5, 0.6) is 11.5 Å². The summed E-state index contributed by atoms with van der Waals surface area (Å²) in [7, 11) is 0. The second-order valence-electron chi connectivity index (χ2n) is 3.46. The lowest BCUT2D eigenvalue weighted by Gasteiger charge is -2.10. The van der Waals surface area contributed by atoms with Crippen LogP contribution in [0, 0.1) is 6.92 Å². The van der Waals surface area contributed by atoms with E-state index in [0.29, 0.717) is 5.56 Å². The van der Waals surface area contributed by atoms with Crippen molar-refractivity contribution >= 4 is 5.57 Å². The van der Waals surface area contributed by atoms with Gasteiger partial charge in [0.05, 0.1) is 0 Å². The highest BCUT2D eigenvalue weighted by Gasteiger charge is 2.09. The Kier molecular flexibility index (Phi) is 3.18. The summed E-state index contributed by atoms with van der Waals surface area (Å²) >= 11 is 0. The maximum atomic E-state index is 9.75. The summed E-state index contributed by atoms with van der Waals surface area (Å²) in [5, 5.41) is 19.1. The Balaban J connectivity index is 3.11. The fourth-order valence-electron chi connectivity index (χ4n) is 1.41. The van der Waals surface area contributed by atoms with Crippen LogP contribution in [0.4, 0.5) is 0 Å². The first-order valence-corrected chi connectivity index (χ1v) is 4.77. The summed E-state index contributed by atoms with van der Waals surface area (Å²) in [6.07, 6.45) is 1.86. The molecule has 14 heavy (non-hydrogen) atoms. The standard InChI is InChI=1S/C12H16O2/c1-4-5-8(2)10-6-7-11(13)9(3)12(10)14/h6-7,13-14H,2,4-5H2,1,3H3. The van der Waals surface area contributed by atoms with Crippen molar-refractivity contribution in [2.24, 2.45) is 0 Å². The number of rotatable bonds is 3. The molecule has 0 aliphatic carbocycles. The lowest BCUT2D eigenvalue weighted by molar-refractivity contribution is 0.442. The smallest absolute Gasteiger partial charge is 0.129 e. The average Bonchev–Trinajstić information content (AvgIpc) is 2.15. The van der Waals surface area contributed by atoms with Crippen molar-refractivity contribution in [3.05, 3.63) is 29.8 Å². The van der Waals surface area contributed by atoms with Crippen LogP contribution in [0.2, 0.25) is 0 Å². The van der Waals surface area contributed by atoms with E-state index in [4.69, 9.17) is 0 Å². The summed E-state index contributed by atoms with van der Waals surface area (Å²) in [6.45, 7) is 7.66. The molecule has 0 radical (unpaired) electrons. The van der Waals surface area contributed by atoms with Gasteiger partial charge in [-0.15, -0.1) is 0 Å². The zero-order chi connectivity index (χ0) is 10.7. The summed E-state index contributed by atoms with van der Waals surface area (Å²) < 4.78 is 0. The highest BCUT2D eigenvalue weighted by atomic mass is 16.3. The second kappa shape index (κ2) is 4.18. The van der Waals surface area contributed by atoms with Crippen molar-refractivity contribution in [3.63, 3.8) is 0 Å². The third kappa shape index (κ3) is 1.90. The molecule has 0 heterocycles. The van der Waals surface area contributed by atoms with E-state index >= 15 is 0 Å². The molecule has 0 unspecified atom stereocenters. The van der Waals surface area contributed by atoms with Crippen molar-refractivity contribution in [1.29, 1.82) is 0 Å². The van der Waals surface area contributed by atoms with Gasteiger partial charge in [-0.05, 0) is 31.1 Å². The molecule has 0 saturated heterocycles. The van der Waals surface area contributed by atoms with E-state index in [2.05, 4.69) is 13.5 Å². The molecule has 2 N–H and O–H groups in total. The van der Waals surface area contributed by atoms with E-state index in [1.807, 2.05) is 0 Å². The van der Waals surface area contributed by atoms with E-state index in [1.165, 1.54) is 0 Å². The van der Waals surface area contributed by atoms with Crippen molar-refractivity contribution < 1.29 is 10.2 Å². The van der Waals surface area contributed by atoms with Crippen molar-refractivity contribution in [2.45, 2.75) is 26.7 Å². The van der Waals surface area contributed by atoms with Gasteiger partial charge in [0.25, 0.3) is 0 Å². The van der Waals surface area contributed by atoms with Crippen LogP contribution >= 0.6 is 0 Å². The molecule has 0 spiro atoms. The third-order valence-corrected chi connectivity index (χ3v) is 2.34. The van der Waals surface area contributed by atoms with Gasteiger partial charge in [0.2, 0.25) is 0 Å². The van der Waals surface area contributed by atoms with Gasteiger partial charge in [-0.1, -0.05) is 19.9 Å². The van der Waals surface area contributed by atoms with Gasteiger partial charge in [-0.3, -0.25) is 0 Å². The average molecular weight is 192 g/mol. The maximum Gasteiger partial charge on any atom is 0.129 e. The van der Waals surface area contributed by atoms with Gasteiger partial charge in [0, 0.05) is 11.1 Å². The number of phenols is 2. The Labute approximate surface area is 84.5 Å². The quantitative estimate of drug-likeness (QED) is 0.772. The third-order valence-electron chi connectivity index (χ3n) is 2.34. The SMILES string of the molecule is C=C(CCC)c1ccc(O)c(C)c1O. The molecule has 0 atom stereocenters. The Morgan fingerprint density at radius 1 is 1.36 bits per heavy atom. The van der Waals surface area contributed by atoms with E-state index in [-0.39, 0.29) is 11.5 Å². The maximum absolute atomic E-state index is 9.75. The number of allylic oxidation sites excluding steroid dienone is 1. The predicted octanol–water partition coefficient (Wildman–Crippen LogP) is 3.22. The molecule has 0 aromatic heterocycles. The van der Waals surface area contributed by atoms with Crippen LogP contribution in [0.25, 0.3) is 5.57 Å². The van der Waals surface area contributed by atoms with Crippen molar-refractivity contribution in [2.75, 3.05) is 0 Å². The minimum Gasteiger partial charge on any atom is -0.508 e. The normalized spacial score (nSPS) is 10.1. The highest BCUT2D eigenvalue weighted by molar-refractivity contribution is 5.71. The largest absolute Gasteiger partial charge is 0.508 e. The number of phenolic OH excluding ortho intramolecular Hbond substituents is 2. The topological polar surface area (TPSA) is 40.5 Å². The first kappa shape index (κ1) is 10.6. The van der Waals surface area contributed by atoms with Gasteiger partial charge in [-0.25, -0.2) is 0 Å². The molecule has 0 fully saturated rings. The van der Waals surface area contributed by atoms with E-state index in [1.54, 1.807) is 19.1 Å². The molecular weight excluding hydrogens is 176 g/mol. The highest BCUT2D eigenvalue weighted by Crippen LogP contribution is 2.34. The lowest BCUT2D eigenvalue weighted by atomic mass is 9.99. The Morgan fingerprint density at radius 2 is 2.00 bits per heavy atom. The molecule has 1 aromatic carbocycles. The van der Waals surface area contributed by atoms with Gasteiger partial charge in [0.15, 0.2) is 0 Å². The fraction of sp³-hybridized carbons (Fsp3) is 0.333. The second-order valence-corrected chi connectivity index (χ2v) is 3.46. The van der Waals surface area contributed by atoms with Gasteiger partial charge < -0.3 is 10.2 Å². The van der Waals surface area contributed by atoms with Crippen LogP contribution in [0.1, 0.15) is 30.9 Å². The Morgan fingerprint density at radius 3 is 2.57 bits per heavy atom. The summed E-state index contributed by atoms with van der Waals surface area (Å²) in [6, 6.07) is 3.29. The van der Waals surface area contributed by atoms with Gasteiger partial charge >= 0.3 is 0 Å². The van der Waals surface area contributed by atoms with Crippen LogP contribution in [-0.2, 0) is 0 Å². The minimum atomic E-state index is 0.121. The summed E-state index contributed by atoms with van der Waals surface area (Å²) in [5.74, 6) is 0.263. The molecule has 1 aromatic rings. The van der Waals surface area contributed by atoms with E-state index in [0.717, 1.165) is 24.0 Å². The predicted molar refractivity (Wildman–Crippen MR) is 58.5 cm³/mol. The number of benzene rings is 1. The molecule has 2 heteroatoms. The van der Waals surface area contributed by atoms with Crippen LogP contribution < -0.4 is 0 Å². The molecule has 2 nitrogen and oxygen atoms in total. The zero-order valence-corrected chi connectivity index (χ0v) is 8.67. The minimum absolute atomic E-state index is 0.121. The lowest BCUT2D eigenvalue weighted by Crippen LogP contribution is -1.87. The molecule has 76 valence electrons. The number of aromatic hydroxyl groups is 2. The summed E-state index contributed by atoms with van der Waals surface area (Å²) in [4.78, 5) is 0. The molecule has 0 aliphatic rings. The monoisotopic (exact) mass is 192 g/mol. The van der Waals surface area contributed by atoms with Crippen molar-refractivity contribution in [3.8, 4) is 11.5 Å². The number of hydrogen-bond donors (Lipinski definition) is 2. The summed E-state index contributed by atoms with van der Waals surface area (Å²) in [5.41, 5.74) is 2.16. The van der Waals surface area contributed by atoms with Crippen molar-refractivity contribution in [1.82, 2.24) is 0 Å². The molecule has 0 bridgehead atoms. The molecule has 0 saturated carbocycles. The van der Waals surface area contributed by atoms with Gasteiger partial charge in [0.1, 0.15) is 11.5 Å². The van der Waals surface area contributed by atoms with Crippen LogP contribution in [-0.4, -0.2) is 10.2 Å². The Bertz CT molecular complexity index is 354. The van der Waals surface area contributed by atoms with Crippen LogP contribution in [0.3, 0.4) is 0 Å². The Hall–Kier alpha value is -1.44. The van der Waals surface area contributed by atoms with E-state index in [9.17, 15) is 10.2 Å². The molecular formula is C12H16O2. The number of hydrogen-bond acceptors (Lipinski definition) is 2. The first-order chi connectivity index (χ1) is 6.57. The van der Waals surface area contributed by atoms with E-state index < -0.39 is 0 Å². The van der Waals surface area contributed by atoms with Crippen LogP contribution in [0.15, 0.2) is 18.7 Å². The molecule has 0 aliphatic heterocycles. The van der Waals surface area contributed by atoms with Gasteiger partial charge in [-0.2, -0.15) is 0 Å². The molecule has 1 rings (SSSR count). The zero-order valence-electron chi connectivity index (χ0n) is 8.67. The first-order valence-electron chi connectivity index (χ1n) is 4.77. The fourth-order valence-corrected chi connectivity index (χ4v) is 1.41.